The van der Waals surface area contributed by atoms with Crippen LogP contribution in [0.1, 0.15) is 31.4 Å². The van der Waals surface area contributed by atoms with Crippen molar-refractivity contribution in [2.24, 2.45) is 12.2 Å². The summed E-state index contributed by atoms with van der Waals surface area (Å²) in [4.78, 5) is 16.8. The first-order chi connectivity index (χ1) is 10.7. The third kappa shape index (κ3) is 3.59. The van der Waals surface area contributed by atoms with Crippen LogP contribution < -0.4 is 5.56 Å². The van der Waals surface area contributed by atoms with Crippen LogP contribution in [0.2, 0.25) is 5.02 Å². The lowest BCUT2D eigenvalue weighted by molar-refractivity contribution is -0.139. The Bertz CT molecular complexity index is 872. The highest BCUT2D eigenvalue weighted by Gasteiger charge is 2.42. The molecule has 11 heteroatoms. The van der Waals surface area contributed by atoms with Gasteiger partial charge in [0.05, 0.1) is 10.8 Å². The number of rotatable bonds is 2. The van der Waals surface area contributed by atoms with Crippen molar-refractivity contribution in [3.8, 4) is 0 Å². The summed E-state index contributed by atoms with van der Waals surface area (Å²) in [7, 11) is -3.13. The third-order valence-corrected chi connectivity index (χ3v) is 5.31. The molecule has 0 bridgehead atoms. The summed E-state index contributed by atoms with van der Waals surface area (Å²) < 4.78 is 65.1. The molecule has 0 aromatic carbocycles. The van der Waals surface area contributed by atoms with Crippen molar-refractivity contribution in [2.45, 2.75) is 37.8 Å². The molecule has 1 aliphatic rings. The first-order valence-corrected chi connectivity index (χ1v) is 8.71. The Morgan fingerprint density at radius 2 is 2.00 bits per heavy atom. The summed E-state index contributed by atoms with van der Waals surface area (Å²) in [6.07, 6.45) is -4.18. The Balaban J connectivity index is 2.55. The van der Waals surface area contributed by atoms with Crippen molar-refractivity contribution in [2.75, 3.05) is 0 Å². The van der Waals surface area contributed by atoms with Crippen LogP contribution in [-0.4, -0.2) is 23.6 Å². The smallest absolute Gasteiger partial charge is 0.389 e. The first kappa shape index (κ1) is 18.8. The van der Waals surface area contributed by atoms with E-state index in [4.69, 9.17) is 16.4 Å². The van der Waals surface area contributed by atoms with Crippen molar-refractivity contribution in [1.29, 1.82) is 0 Å². The van der Waals surface area contributed by atoms with E-state index in [1.54, 1.807) is 13.8 Å². The monoisotopic (exact) mass is 386 g/mol. The fourth-order valence-electron chi connectivity index (χ4n) is 2.21. The van der Waals surface area contributed by atoms with Gasteiger partial charge in [-0.15, -0.1) is 0 Å². The molecule has 1 aromatic rings. The van der Waals surface area contributed by atoms with Crippen LogP contribution in [0.25, 0.3) is 0 Å². The van der Waals surface area contributed by atoms with Gasteiger partial charge in [-0.2, -0.15) is 13.2 Å². The van der Waals surface area contributed by atoms with Gasteiger partial charge in [0, 0.05) is 25.2 Å². The molecule has 0 amide bonds. The van der Waals surface area contributed by atoms with Crippen LogP contribution in [0.3, 0.4) is 0 Å². The molecule has 0 saturated heterocycles. The van der Waals surface area contributed by atoms with Gasteiger partial charge in [-0.3, -0.25) is 4.79 Å². The van der Waals surface area contributed by atoms with Crippen LogP contribution in [0.15, 0.2) is 16.1 Å². The standard InChI is InChI=1S/C13H14ClF3N2O4S/c1-12(2)4-9(18-23-12)24(21,22)6-7-8(14)5-19(3)11(20)10(7)13(15,16)17/h5H,4,6H2,1-3H3. The van der Waals surface area contributed by atoms with E-state index < -0.39 is 49.1 Å². The molecule has 0 atom stereocenters. The van der Waals surface area contributed by atoms with Crippen molar-refractivity contribution in [3.05, 3.63) is 32.7 Å². The molecule has 0 spiro atoms. The number of oxime groups is 1. The number of sulfone groups is 1. The number of aromatic nitrogens is 1. The predicted molar refractivity (Wildman–Crippen MR) is 81.5 cm³/mol. The van der Waals surface area contributed by atoms with Gasteiger partial charge in [-0.05, 0) is 13.8 Å². The van der Waals surface area contributed by atoms with Gasteiger partial charge < -0.3 is 9.40 Å². The number of aryl methyl sites for hydroxylation is 1. The predicted octanol–water partition coefficient (Wildman–Crippen LogP) is 2.48. The van der Waals surface area contributed by atoms with E-state index in [2.05, 4.69) is 5.16 Å². The number of nitrogens with zero attached hydrogens (tertiary/aromatic N) is 2. The third-order valence-electron chi connectivity index (χ3n) is 3.38. The highest BCUT2D eigenvalue weighted by atomic mass is 35.5. The second-order valence-electron chi connectivity index (χ2n) is 6.02. The fraction of sp³-hybridized carbons (Fsp3) is 0.538. The lowest BCUT2D eigenvalue weighted by Gasteiger charge is -2.16. The zero-order valence-corrected chi connectivity index (χ0v) is 14.5. The van der Waals surface area contributed by atoms with E-state index in [1.807, 2.05) is 0 Å². The van der Waals surface area contributed by atoms with Gasteiger partial charge in [0.1, 0.15) is 11.2 Å². The minimum Gasteiger partial charge on any atom is -0.389 e. The number of hydrogen-bond donors (Lipinski definition) is 0. The zero-order valence-electron chi connectivity index (χ0n) is 12.9. The molecule has 0 radical (unpaired) electrons. The zero-order chi connectivity index (χ0) is 18.5. The molecule has 6 nitrogen and oxygen atoms in total. The van der Waals surface area contributed by atoms with E-state index in [0.717, 1.165) is 13.2 Å². The maximum absolute atomic E-state index is 13.2. The quantitative estimate of drug-likeness (QED) is 0.782. The van der Waals surface area contributed by atoms with Crippen molar-refractivity contribution in [1.82, 2.24) is 4.57 Å². The van der Waals surface area contributed by atoms with Gasteiger partial charge >= 0.3 is 6.18 Å². The first-order valence-electron chi connectivity index (χ1n) is 6.67. The van der Waals surface area contributed by atoms with Gasteiger partial charge in [0.25, 0.3) is 5.56 Å². The van der Waals surface area contributed by atoms with E-state index >= 15 is 0 Å². The van der Waals surface area contributed by atoms with Gasteiger partial charge in [-0.25, -0.2) is 8.42 Å². The molecule has 0 fully saturated rings. The van der Waals surface area contributed by atoms with Crippen LogP contribution in [0, 0.1) is 0 Å². The van der Waals surface area contributed by atoms with Gasteiger partial charge in [0.2, 0.25) is 0 Å². The Hall–Kier alpha value is -1.55. The summed E-state index contributed by atoms with van der Waals surface area (Å²) in [5, 5.41) is 2.60. The second-order valence-corrected chi connectivity index (χ2v) is 8.41. The summed E-state index contributed by atoms with van der Waals surface area (Å²) in [6.45, 7) is 3.18. The molecule has 1 aromatic heterocycles. The molecular weight excluding hydrogens is 373 g/mol. The lowest BCUT2D eigenvalue weighted by Crippen LogP contribution is -2.31. The Morgan fingerprint density at radius 3 is 2.46 bits per heavy atom. The van der Waals surface area contributed by atoms with Crippen molar-refractivity contribution >= 4 is 26.5 Å². The maximum Gasteiger partial charge on any atom is 0.422 e. The summed E-state index contributed by atoms with van der Waals surface area (Å²) in [5.41, 5.74) is -4.63. The molecule has 0 N–H and O–H groups in total. The number of hydrogen-bond acceptors (Lipinski definition) is 5. The van der Waals surface area contributed by atoms with Crippen LogP contribution >= 0.6 is 11.6 Å². The SMILES string of the molecule is Cn1cc(Cl)c(CS(=O)(=O)C2=NOC(C)(C)C2)c(C(F)(F)F)c1=O. The topological polar surface area (TPSA) is 77.7 Å². The highest BCUT2D eigenvalue weighted by Crippen LogP contribution is 2.34. The summed E-state index contributed by atoms with van der Waals surface area (Å²) >= 11 is 5.79. The second kappa shape index (κ2) is 5.76. The average molecular weight is 387 g/mol. The lowest BCUT2D eigenvalue weighted by atomic mass is 10.1. The number of halogens is 4. The van der Waals surface area contributed by atoms with E-state index in [9.17, 15) is 26.4 Å². The minimum atomic E-state index is -5.04. The Kier molecular flexibility index (Phi) is 4.51. The Labute approximate surface area is 140 Å². The van der Waals surface area contributed by atoms with Crippen LogP contribution in [0.4, 0.5) is 13.2 Å². The minimum absolute atomic E-state index is 0.0842. The van der Waals surface area contributed by atoms with Gasteiger partial charge in [0.15, 0.2) is 14.9 Å². The largest absolute Gasteiger partial charge is 0.422 e. The normalized spacial score (nSPS) is 17.5. The summed E-state index contributed by atoms with van der Waals surface area (Å²) in [5.74, 6) is -1.09. The maximum atomic E-state index is 13.2. The Morgan fingerprint density at radius 1 is 1.42 bits per heavy atom. The molecule has 2 rings (SSSR count). The van der Waals surface area contributed by atoms with E-state index in [0.29, 0.717) is 4.57 Å². The molecule has 2 heterocycles. The molecule has 24 heavy (non-hydrogen) atoms. The molecule has 1 aliphatic heterocycles. The average Bonchev–Trinajstić information content (AvgIpc) is 2.75. The highest BCUT2D eigenvalue weighted by molar-refractivity contribution is 8.05. The molecular formula is C13H14ClF3N2O4S. The molecule has 0 unspecified atom stereocenters. The van der Waals surface area contributed by atoms with Gasteiger partial charge in [-0.1, -0.05) is 16.8 Å². The molecule has 0 aliphatic carbocycles. The summed E-state index contributed by atoms with van der Waals surface area (Å²) in [6, 6.07) is 0. The number of alkyl halides is 3. The van der Waals surface area contributed by atoms with E-state index in [-0.39, 0.29) is 11.5 Å². The van der Waals surface area contributed by atoms with Crippen molar-refractivity contribution in [3.63, 3.8) is 0 Å². The van der Waals surface area contributed by atoms with Crippen LogP contribution in [0.5, 0.6) is 0 Å². The number of pyridine rings is 1. The van der Waals surface area contributed by atoms with Crippen LogP contribution in [-0.2, 0) is 33.7 Å². The van der Waals surface area contributed by atoms with E-state index in [1.165, 1.54) is 0 Å². The molecule has 134 valence electrons. The fourth-order valence-corrected chi connectivity index (χ4v) is 4.16. The molecule has 0 saturated carbocycles. The van der Waals surface area contributed by atoms with Crippen molar-refractivity contribution < 1.29 is 26.4 Å².